The quantitative estimate of drug-likeness (QED) is 0.895. The second-order valence-corrected chi connectivity index (χ2v) is 5.76. The molecule has 0 aliphatic carbocycles. The predicted molar refractivity (Wildman–Crippen MR) is 80.8 cm³/mol. The van der Waals surface area contributed by atoms with E-state index in [0.29, 0.717) is 19.6 Å². The normalized spacial score (nSPS) is 21.5. The molecule has 8 nitrogen and oxygen atoms in total. The van der Waals surface area contributed by atoms with Gasteiger partial charge in [0.15, 0.2) is 5.82 Å². The van der Waals surface area contributed by atoms with Crippen molar-refractivity contribution >= 4 is 5.97 Å². The van der Waals surface area contributed by atoms with Crippen molar-refractivity contribution in [3.63, 3.8) is 0 Å². The lowest BCUT2D eigenvalue weighted by atomic mass is 9.91. The highest BCUT2D eigenvalue weighted by Crippen LogP contribution is 2.33. The molecule has 3 heterocycles. The summed E-state index contributed by atoms with van der Waals surface area (Å²) < 4.78 is 9.46. The maximum atomic E-state index is 11.4. The number of rotatable bonds is 5. The molecule has 0 saturated carbocycles. The van der Waals surface area contributed by atoms with Gasteiger partial charge in [-0.25, -0.2) is 0 Å². The summed E-state index contributed by atoms with van der Waals surface area (Å²) in [5, 5.41) is 21.9. The molecular weight excluding hydrogens is 298 g/mol. The Bertz CT molecular complexity index is 693. The molecular formula is C15H21N5O3. The average Bonchev–Trinajstić information content (AvgIpc) is 3.14. The second kappa shape index (κ2) is 6.49. The highest BCUT2D eigenvalue weighted by Gasteiger charge is 2.33. The third-order valence-corrected chi connectivity index (χ3v) is 4.25. The van der Waals surface area contributed by atoms with Crippen LogP contribution in [0, 0.1) is 12.8 Å². The van der Waals surface area contributed by atoms with Crippen molar-refractivity contribution in [1.82, 2.24) is 24.5 Å². The number of carboxylic acids is 1. The minimum absolute atomic E-state index is 0.430. The average molecular weight is 319 g/mol. The summed E-state index contributed by atoms with van der Waals surface area (Å²) in [7, 11) is 0. The lowest BCUT2D eigenvalue weighted by Gasteiger charge is -2.28. The predicted octanol–water partition coefficient (Wildman–Crippen LogP) is 1.40. The number of aliphatic carboxylic acids is 1. The molecule has 0 spiro atoms. The second-order valence-electron chi connectivity index (χ2n) is 5.76. The lowest BCUT2D eigenvalue weighted by molar-refractivity contribution is -0.151. The molecule has 2 aromatic rings. The van der Waals surface area contributed by atoms with E-state index in [-0.39, 0.29) is 0 Å². The zero-order valence-corrected chi connectivity index (χ0v) is 13.3. The monoisotopic (exact) mass is 319 g/mol. The van der Waals surface area contributed by atoms with Gasteiger partial charge in [-0.05, 0) is 26.7 Å². The Morgan fingerprint density at radius 3 is 3.04 bits per heavy atom. The Morgan fingerprint density at radius 1 is 1.48 bits per heavy atom. The van der Waals surface area contributed by atoms with Crippen molar-refractivity contribution < 1.29 is 14.6 Å². The van der Waals surface area contributed by atoms with Gasteiger partial charge in [-0.2, -0.15) is 5.10 Å². The summed E-state index contributed by atoms with van der Waals surface area (Å²) in [4.78, 5) is 11.4. The summed E-state index contributed by atoms with van der Waals surface area (Å²) in [5.74, 6) is 0.377. The molecule has 1 fully saturated rings. The van der Waals surface area contributed by atoms with Crippen molar-refractivity contribution in [2.45, 2.75) is 45.9 Å². The number of aryl methyl sites for hydroxylation is 1. The van der Waals surface area contributed by atoms with Gasteiger partial charge in [-0.3, -0.25) is 9.48 Å². The molecule has 23 heavy (non-hydrogen) atoms. The van der Waals surface area contributed by atoms with Crippen LogP contribution in [0.25, 0.3) is 0 Å². The maximum Gasteiger partial charge on any atom is 0.309 e. The first-order valence-electron chi connectivity index (χ1n) is 7.85. The maximum absolute atomic E-state index is 11.4. The molecule has 0 bridgehead atoms. The van der Waals surface area contributed by atoms with E-state index in [1.165, 1.54) is 0 Å². The van der Waals surface area contributed by atoms with Crippen LogP contribution in [0.2, 0.25) is 0 Å². The van der Waals surface area contributed by atoms with E-state index in [9.17, 15) is 9.90 Å². The largest absolute Gasteiger partial charge is 0.481 e. The van der Waals surface area contributed by atoms with Gasteiger partial charge in [-0.1, -0.05) is 0 Å². The number of carbonyl (C=O) groups is 1. The first-order chi connectivity index (χ1) is 11.1. The van der Waals surface area contributed by atoms with Crippen molar-refractivity contribution in [1.29, 1.82) is 0 Å². The summed E-state index contributed by atoms with van der Waals surface area (Å²) in [6.45, 7) is 5.85. The number of nitrogens with zero attached hydrogens (tertiary/aromatic N) is 5. The molecule has 0 radical (unpaired) electrons. The smallest absolute Gasteiger partial charge is 0.309 e. The van der Waals surface area contributed by atoms with E-state index in [4.69, 9.17) is 4.74 Å². The van der Waals surface area contributed by atoms with Crippen LogP contribution in [0.5, 0.6) is 0 Å². The first kappa shape index (κ1) is 15.7. The van der Waals surface area contributed by atoms with Gasteiger partial charge in [0.25, 0.3) is 0 Å². The van der Waals surface area contributed by atoms with Crippen LogP contribution in [0.3, 0.4) is 0 Å². The highest BCUT2D eigenvalue weighted by molar-refractivity contribution is 5.71. The zero-order chi connectivity index (χ0) is 16.4. The molecule has 1 saturated heterocycles. The van der Waals surface area contributed by atoms with E-state index in [1.54, 1.807) is 10.9 Å². The number of aromatic nitrogens is 5. The van der Waals surface area contributed by atoms with E-state index < -0.39 is 18.0 Å². The molecule has 0 unspecified atom stereocenters. The minimum atomic E-state index is -0.816. The Hall–Kier alpha value is -2.22. The van der Waals surface area contributed by atoms with Gasteiger partial charge in [0, 0.05) is 24.9 Å². The van der Waals surface area contributed by atoms with E-state index in [0.717, 1.165) is 30.2 Å². The summed E-state index contributed by atoms with van der Waals surface area (Å²) in [5.41, 5.74) is 0.802. The third-order valence-electron chi connectivity index (χ3n) is 4.25. The fraction of sp³-hybridized carbons (Fsp3) is 0.600. The van der Waals surface area contributed by atoms with Crippen LogP contribution in [0.15, 0.2) is 12.4 Å². The Kier molecular flexibility index (Phi) is 4.42. The summed E-state index contributed by atoms with van der Waals surface area (Å²) in [6, 6.07) is 0. The third kappa shape index (κ3) is 3.12. The fourth-order valence-electron chi connectivity index (χ4n) is 3.07. The van der Waals surface area contributed by atoms with E-state index in [2.05, 4.69) is 15.3 Å². The molecule has 1 aliphatic heterocycles. The standard InChI is InChI=1S/C15H21N5O3/c1-3-20-10(2)17-18-13(20)9-19-8-11(7-16-19)14-12(15(21)22)5-4-6-23-14/h7-8,12,14H,3-6,9H2,1-2H3,(H,21,22)/t12-,14+/m1/s1. The zero-order valence-electron chi connectivity index (χ0n) is 13.3. The molecule has 2 atom stereocenters. The topological polar surface area (TPSA) is 95.1 Å². The lowest BCUT2D eigenvalue weighted by Crippen LogP contribution is -2.28. The van der Waals surface area contributed by atoms with Gasteiger partial charge >= 0.3 is 5.97 Å². The van der Waals surface area contributed by atoms with Crippen molar-refractivity contribution in [2.75, 3.05) is 6.61 Å². The Labute approximate surface area is 134 Å². The molecule has 3 rings (SSSR count). The van der Waals surface area contributed by atoms with Gasteiger partial charge in [0.05, 0.1) is 18.2 Å². The van der Waals surface area contributed by atoms with Gasteiger partial charge in [0.2, 0.25) is 0 Å². The van der Waals surface area contributed by atoms with Gasteiger partial charge < -0.3 is 14.4 Å². The SMILES string of the molecule is CCn1c(C)nnc1Cn1cc([C@@H]2OCCC[C@H]2C(=O)O)cn1. The van der Waals surface area contributed by atoms with Crippen LogP contribution in [-0.4, -0.2) is 42.2 Å². The van der Waals surface area contributed by atoms with Gasteiger partial charge in [-0.15, -0.1) is 10.2 Å². The molecule has 8 heteroatoms. The number of hydrogen-bond acceptors (Lipinski definition) is 5. The van der Waals surface area contributed by atoms with E-state index >= 15 is 0 Å². The highest BCUT2D eigenvalue weighted by atomic mass is 16.5. The number of ether oxygens (including phenoxy) is 1. The number of carboxylic acid groups (broad SMARTS) is 1. The van der Waals surface area contributed by atoms with Crippen molar-refractivity contribution in [2.24, 2.45) is 5.92 Å². The van der Waals surface area contributed by atoms with Crippen LogP contribution in [0.1, 0.15) is 43.1 Å². The summed E-state index contributed by atoms with van der Waals surface area (Å²) in [6.07, 6.45) is 4.51. The van der Waals surface area contributed by atoms with Crippen molar-refractivity contribution in [3.8, 4) is 0 Å². The summed E-state index contributed by atoms with van der Waals surface area (Å²) >= 11 is 0. The first-order valence-corrected chi connectivity index (χ1v) is 7.85. The van der Waals surface area contributed by atoms with Gasteiger partial charge in [0.1, 0.15) is 12.4 Å². The van der Waals surface area contributed by atoms with Crippen LogP contribution in [-0.2, 0) is 22.6 Å². The molecule has 124 valence electrons. The van der Waals surface area contributed by atoms with Crippen LogP contribution < -0.4 is 0 Å². The van der Waals surface area contributed by atoms with Crippen LogP contribution >= 0.6 is 0 Å². The molecule has 0 aromatic carbocycles. The number of hydrogen-bond donors (Lipinski definition) is 1. The van der Waals surface area contributed by atoms with E-state index in [1.807, 2.05) is 24.6 Å². The Balaban J connectivity index is 1.78. The van der Waals surface area contributed by atoms with Crippen molar-refractivity contribution in [3.05, 3.63) is 29.6 Å². The molecule has 0 amide bonds. The molecule has 2 aromatic heterocycles. The minimum Gasteiger partial charge on any atom is -0.481 e. The Morgan fingerprint density at radius 2 is 2.30 bits per heavy atom. The molecule has 1 N–H and O–H groups in total. The van der Waals surface area contributed by atoms with Crippen LogP contribution in [0.4, 0.5) is 0 Å². The molecule has 1 aliphatic rings. The fourth-order valence-corrected chi connectivity index (χ4v) is 3.07.